The van der Waals surface area contributed by atoms with Crippen LogP contribution in [-0.4, -0.2) is 50.1 Å². The zero-order valence-corrected chi connectivity index (χ0v) is 12.5. The number of fused-ring (bicyclic) bond motifs is 1. The van der Waals surface area contributed by atoms with Gasteiger partial charge in [0.05, 0.1) is 7.11 Å². The maximum absolute atomic E-state index is 11.8. The molecule has 112 valence electrons. The third-order valence-corrected chi connectivity index (χ3v) is 4.03. The molecule has 1 aromatic heterocycles. The molecule has 2 heterocycles. The van der Waals surface area contributed by atoms with E-state index in [0.717, 1.165) is 43.7 Å². The van der Waals surface area contributed by atoms with Crippen molar-refractivity contribution in [3.8, 4) is 5.75 Å². The summed E-state index contributed by atoms with van der Waals surface area (Å²) in [7, 11) is 3.74. The predicted molar refractivity (Wildman–Crippen MR) is 81.8 cm³/mol. The van der Waals surface area contributed by atoms with Crippen LogP contribution in [0.4, 0.5) is 0 Å². The number of benzene rings is 1. The Hall–Kier alpha value is -1.85. The zero-order chi connectivity index (χ0) is 14.8. The third kappa shape index (κ3) is 3.09. The predicted octanol–water partition coefficient (Wildman–Crippen LogP) is 1.55. The Bertz CT molecular complexity index is 687. The van der Waals surface area contributed by atoms with Crippen LogP contribution in [0.5, 0.6) is 5.75 Å². The molecule has 0 saturated carbocycles. The van der Waals surface area contributed by atoms with Gasteiger partial charge in [-0.1, -0.05) is 0 Å². The van der Waals surface area contributed by atoms with Crippen molar-refractivity contribution in [3.05, 3.63) is 40.2 Å². The molecule has 1 aliphatic heterocycles. The van der Waals surface area contributed by atoms with Crippen molar-refractivity contribution >= 4 is 11.0 Å². The van der Waals surface area contributed by atoms with Crippen LogP contribution in [0.1, 0.15) is 5.56 Å². The number of likely N-dealkylation sites (N-methyl/N-ethyl adjacent to an activating group) is 1. The standard InChI is InChI=1S/C16H20N2O3/c1-17-5-7-18(8-6-17)11-12-9-16(19)21-15-10-13(20-2)3-4-14(12)15/h3-4,9-10H,5-8,11H2,1-2H3. The van der Waals surface area contributed by atoms with Crippen LogP contribution in [0.3, 0.4) is 0 Å². The van der Waals surface area contributed by atoms with Crippen molar-refractivity contribution in [3.63, 3.8) is 0 Å². The molecule has 3 rings (SSSR count). The van der Waals surface area contributed by atoms with Crippen LogP contribution in [-0.2, 0) is 6.54 Å². The first-order valence-corrected chi connectivity index (χ1v) is 7.17. The molecular weight excluding hydrogens is 268 g/mol. The van der Waals surface area contributed by atoms with E-state index in [-0.39, 0.29) is 5.63 Å². The Morgan fingerprint density at radius 3 is 2.67 bits per heavy atom. The molecule has 0 aliphatic carbocycles. The molecule has 2 aromatic rings. The Labute approximate surface area is 123 Å². The molecule has 1 fully saturated rings. The van der Waals surface area contributed by atoms with Gasteiger partial charge >= 0.3 is 5.63 Å². The Morgan fingerprint density at radius 2 is 1.95 bits per heavy atom. The first-order chi connectivity index (χ1) is 10.2. The first-order valence-electron chi connectivity index (χ1n) is 7.17. The molecule has 21 heavy (non-hydrogen) atoms. The molecule has 5 nitrogen and oxygen atoms in total. The van der Waals surface area contributed by atoms with Crippen LogP contribution in [0.2, 0.25) is 0 Å². The third-order valence-electron chi connectivity index (χ3n) is 4.03. The van der Waals surface area contributed by atoms with Gasteiger partial charge in [-0.3, -0.25) is 4.90 Å². The normalized spacial score (nSPS) is 17.2. The van der Waals surface area contributed by atoms with Gasteiger partial charge in [0.1, 0.15) is 11.3 Å². The van der Waals surface area contributed by atoms with Gasteiger partial charge in [-0.15, -0.1) is 0 Å². The highest BCUT2D eigenvalue weighted by molar-refractivity contribution is 5.81. The zero-order valence-electron chi connectivity index (χ0n) is 12.5. The quantitative estimate of drug-likeness (QED) is 0.802. The highest BCUT2D eigenvalue weighted by atomic mass is 16.5. The number of piperazine rings is 1. The molecule has 1 aromatic carbocycles. The summed E-state index contributed by atoms with van der Waals surface area (Å²) in [4.78, 5) is 16.5. The van der Waals surface area contributed by atoms with Crippen LogP contribution in [0.25, 0.3) is 11.0 Å². The van der Waals surface area contributed by atoms with E-state index in [2.05, 4.69) is 16.8 Å². The number of rotatable bonds is 3. The second kappa shape index (κ2) is 5.87. The van der Waals surface area contributed by atoms with E-state index in [1.54, 1.807) is 19.2 Å². The Balaban J connectivity index is 1.92. The van der Waals surface area contributed by atoms with Gasteiger partial charge in [-0.25, -0.2) is 4.79 Å². The molecule has 0 radical (unpaired) electrons. The lowest BCUT2D eigenvalue weighted by Crippen LogP contribution is -2.43. The minimum atomic E-state index is -0.306. The molecule has 0 bridgehead atoms. The van der Waals surface area contributed by atoms with Crippen molar-refractivity contribution in [1.82, 2.24) is 9.80 Å². The van der Waals surface area contributed by atoms with Crippen molar-refractivity contribution in [2.45, 2.75) is 6.54 Å². The van der Waals surface area contributed by atoms with E-state index in [4.69, 9.17) is 9.15 Å². The van der Waals surface area contributed by atoms with Gasteiger partial charge < -0.3 is 14.1 Å². The number of hydrogen-bond acceptors (Lipinski definition) is 5. The lowest BCUT2D eigenvalue weighted by molar-refractivity contribution is 0.148. The maximum Gasteiger partial charge on any atom is 0.336 e. The monoisotopic (exact) mass is 288 g/mol. The average molecular weight is 288 g/mol. The number of methoxy groups -OCH3 is 1. The summed E-state index contributed by atoms with van der Waals surface area (Å²) in [5.74, 6) is 0.697. The lowest BCUT2D eigenvalue weighted by atomic mass is 10.1. The number of nitrogens with zero attached hydrogens (tertiary/aromatic N) is 2. The van der Waals surface area contributed by atoms with Crippen LogP contribution < -0.4 is 10.4 Å². The smallest absolute Gasteiger partial charge is 0.336 e. The molecule has 0 N–H and O–H groups in total. The maximum atomic E-state index is 11.8. The van der Waals surface area contributed by atoms with Gasteiger partial charge in [-0.05, 0) is 24.7 Å². The Kier molecular flexibility index (Phi) is 3.94. The summed E-state index contributed by atoms with van der Waals surface area (Å²) in [6.07, 6.45) is 0. The molecule has 0 amide bonds. The van der Waals surface area contributed by atoms with Crippen molar-refractivity contribution < 1.29 is 9.15 Å². The Morgan fingerprint density at radius 1 is 1.19 bits per heavy atom. The molecule has 1 saturated heterocycles. The fraction of sp³-hybridized carbons (Fsp3) is 0.438. The molecule has 0 spiro atoms. The lowest BCUT2D eigenvalue weighted by Gasteiger charge is -2.32. The van der Waals surface area contributed by atoms with E-state index in [9.17, 15) is 4.79 Å². The molecule has 1 aliphatic rings. The second-order valence-electron chi connectivity index (χ2n) is 5.53. The summed E-state index contributed by atoms with van der Waals surface area (Å²) in [6.45, 7) is 4.95. The summed E-state index contributed by atoms with van der Waals surface area (Å²) in [5, 5.41) is 0.981. The first kappa shape index (κ1) is 14.1. The summed E-state index contributed by atoms with van der Waals surface area (Å²) < 4.78 is 10.5. The summed E-state index contributed by atoms with van der Waals surface area (Å²) >= 11 is 0. The highest BCUT2D eigenvalue weighted by Gasteiger charge is 2.16. The minimum Gasteiger partial charge on any atom is -0.497 e. The average Bonchev–Trinajstić information content (AvgIpc) is 2.48. The number of ether oxygens (including phenoxy) is 1. The van der Waals surface area contributed by atoms with Gasteiger partial charge in [0.25, 0.3) is 0 Å². The molecule has 0 unspecified atom stereocenters. The topological polar surface area (TPSA) is 45.9 Å². The van der Waals surface area contributed by atoms with Gasteiger partial charge in [0.2, 0.25) is 0 Å². The fourth-order valence-corrected chi connectivity index (χ4v) is 2.71. The summed E-state index contributed by atoms with van der Waals surface area (Å²) in [6, 6.07) is 7.23. The highest BCUT2D eigenvalue weighted by Crippen LogP contribution is 2.23. The minimum absolute atomic E-state index is 0.306. The van der Waals surface area contributed by atoms with Crippen molar-refractivity contribution in [2.24, 2.45) is 0 Å². The summed E-state index contributed by atoms with van der Waals surface area (Å²) in [5.41, 5.74) is 1.30. The van der Waals surface area contributed by atoms with Gasteiger partial charge in [0, 0.05) is 50.2 Å². The fourth-order valence-electron chi connectivity index (χ4n) is 2.71. The SMILES string of the molecule is COc1ccc2c(CN3CCN(C)CC3)cc(=O)oc2c1. The molecule has 0 atom stereocenters. The molecular formula is C16H20N2O3. The van der Waals surface area contributed by atoms with Crippen molar-refractivity contribution in [1.29, 1.82) is 0 Å². The van der Waals surface area contributed by atoms with E-state index in [0.29, 0.717) is 11.3 Å². The van der Waals surface area contributed by atoms with Gasteiger partial charge in [0.15, 0.2) is 0 Å². The number of hydrogen-bond donors (Lipinski definition) is 0. The van der Waals surface area contributed by atoms with E-state index in [1.165, 1.54) is 0 Å². The van der Waals surface area contributed by atoms with Crippen LogP contribution >= 0.6 is 0 Å². The second-order valence-corrected chi connectivity index (χ2v) is 5.53. The van der Waals surface area contributed by atoms with E-state index < -0.39 is 0 Å². The van der Waals surface area contributed by atoms with Crippen LogP contribution in [0.15, 0.2) is 33.5 Å². The molecule has 5 heteroatoms. The van der Waals surface area contributed by atoms with E-state index in [1.807, 2.05) is 12.1 Å². The van der Waals surface area contributed by atoms with Crippen LogP contribution in [0, 0.1) is 0 Å². The largest absolute Gasteiger partial charge is 0.497 e. The van der Waals surface area contributed by atoms with Crippen molar-refractivity contribution in [2.75, 3.05) is 40.3 Å². The van der Waals surface area contributed by atoms with E-state index >= 15 is 0 Å². The van der Waals surface area contributed by atoms with Gasteiger partial charge in [-0.2, -0.15) is 0 Å².